The molecule has 0 saturated carbocycles. The minimum absolute atomic E-state index is 0.405. The van der Waals surface area contributed by atoms with Gasteiger partial charge in [-0.15, -0.1) is 0 Å². The fourth-order valence-corrected chi connectivity index (χ4v) is 2.42. The van der Waals surface area contributed by atoms with E-state index in [1.165, 1.54) is 30.5 Å². The molecule has 30 heavy (non-hydrogen) atoms. The van der Waals surface area contributed by atoms with Crippen molar-refractivity contribution in [3.8, 4) is 11.5 Å². The molecule has 0 atom stereocenters. The van der Waals surface area contributed by atoms with Crippen LogP contribution in [0.25, 0.3) is 0 Å². The van der Waals surface area contributed by atoms with Crippen molar-refractivity contribution in [2.75, 3.05) is 18.5 Å². The zero-order valence-electron chi connectivity index (χ0n) is 17.1. The average Bonchev–Trinajstić information content (AvgIpc) is 2.71. The molecule has 0 saturated heterocycles. The van der Waals surface area contributed by atoms with Gasteiger partial charge < -0.3 is 14.8 Å². The zero-order valence-corrected chi connectivity index (χ0v) is 17.1. The van der Waals surface area contributed by atoms with Gasteiger partial charge in [-0.05, 0) is 61.4 Å². The molecule has 0 aliphatic heterocycles. The summed E-state index contributed by atoms with van der Waals surface area (Å²) in [6, 6.07) is 10.6. The van der Waals surface area contributed by atoms with E-state index in [0.29, 0.717) is 36.0 Å². The van der Waals surface area contributed by atoms with E-state index in [1.807, 2.05) is 6.92 Å². The zero-order chi connectivity index (χ0) is 21.8. The number of ether oxygens (including phenoxy) is 2. The molecular formula is C22H26FN3O4. The fourth-order valence-electron chi connectivity index (χ4n) is 2.42. The Balaban J connectivity index is 1.87. The lowest BCUT2D eigenvalue weighted by molar-refractivity contribution is -0.126. The number of unbranched alkanes of at least 4 members (excludes halogenated alkanes) is 1. The van der Waals surface area contributed by atoms with Crippen LogP contribution in [0, 0.1) is 5.82 Å². The Labute approximate surface area is 175 Å². The highest BCUT2D eigenvalue weighted by molar-refractivity contribution is 6.03. The largest absolute Gasteiger partial charge is 0.490 e. The van der Waals surface area contributed by atoms with E-state index in [-0.39, 0.29) is 0 Å². The number of halogens is 1. The van der Waals surface area contributed by atoms with Gasteiger partial charge in [-0.3, -0.25) is 9.59 Å². The number of hydrazone groups is 1. The van der Waals surface area contributed by atoms with Crippen molar-refractivity contribution >= 4 is 23.7 Å². The first kappa shape index (κ1) is 22.9. The highest BCUT2D eigenvalue weighted by Gasteiger charge is 2.09. The van der Waals surface area contributed by atoms with Crippen molar-refractivity contribution in [3.63, 3.8) is 0 Å². The van der Waals surface area contributed by atoms with Gasteiger partial charge in [0.05, 0.1) is 19.4 Å². The number of anilines is 1. The summed E-state index contributed by atoms with van der Waals surface area (Å²) < 4.78 is 24.2. The summed E-state index contributed by atoms with van der Waals surface area (Å²) in [5.41, 5.74) is 3.41. The summed E-state index contributed by atoms with van der Waals surface area (Å²) in [5.74, 6) is -0.253. The summed E-state index contributed by atoms with van der Waals surface area (Å²) in [5, 5.41) is 6.38. The maximum absolute atomic E-state index is 12.9. The quantitative estimate of drug-likeness (QED) is 0.252. The molecule has 0 spiro atoms. The third-order valence-electron chi connectivity index (χ3n) is 3.88. The number of carbonyl (C=O) groups excluding carboxylic acids is 2. The number of carbonyl (C=O) groups is 2. The number of hydrogen-bond acceptors (Lipinski definition) is 5. The summed E-state index contributed by atoms with van der Waals surface area (Å²) in [6.45, 7) is 5.07. The summed E-state index contributed by atoms with van der Waals surface area (Å²) in [4.78, 5) is 23.7. The highest BCUT2D eigenvalue weighted by atomic mass is 19.1. The number of nitrogens with zero attached hydrogens (tertiary/aromatic N) is 1. The first-order valence-electron chi connectivity index (χ1n) is 9.78. The van der Waals surface area contributed by atoms with Crippen molar-refractivity contribution in [1.29, 1.82) is 0 Å². The molecule has 0 aliphatic carbocycles. The van der Waals surface area contributed by atoms with Crippen LogP contribution in [0.1, 0.15) is 38.7 Å². The second-order valence-corrected chi connectivity index (χ2v) is 6.37. The molecule has 0 aromatic heterocycles. The van der Waals surface area contributed by atoms with E-state index in [1.54, 1.807) is 18.2 Å². The Morgan fingerprint density at radius 3 is 2.50 bits per heavy atom. The van der Waals surface area contributed by atoms with Crippen molar-refractivity contribution in [2.24, 2.45) is 5.10 Å². The van der Waals surface area contributed by atoms with E-state index in [0.717, 1.165) is 12.8 Å². The number of benzene rings is 2. The monoisotopic (exact) mass is 415 g/mol. The Hall–Kier alpha value is -3.42. The van der Waals surface area contributed by atoms with Gasteiger partial charge in [-0.25, -0.2) is 9.82 Å². The Kier molecular flexibility index (Phi) is 9.30. The topological polar surface area (TPSA) is 89.0 Å². The summed E-state index contributed by atoms with van der Waals surface area (Å²) >= 11 is 0. The predicted octanol–water partition coefficient (Wildman–Crippen LogP) is 3.88. The van der Waals surface area contributed by atoms with Crippen LogP contribution in [0.15, 0.2) is 47.6 Å². The van der Waals surface area contributed by atoms with Gasteiger partial charge in [-0.1, -0.05) is 13.3 Å². The molecule has 0 radical (unpaired) electrons. The van der Waals surface area contributed by atoms with Crippen LogP contribution in [-0.4, -0.2) is 31.2 Å². The molecule has 2 rings (SSSR count). The molecule has 0 heterocycles. The maximum atomic E-state index is 12.9. The molecule has 0 fully saturated rings. The molecule has 0 unspecified atom stereocenters. The van der Waals surface area contributed by atoms with E-state index < -0.39 is 24.1 Å². The molecule has 0 aliphatic rings. The number of hydrogen-bond donors (Lipinski definition) is 2. The lowest BCUT2D eigenvalue weighted by Crippen LogP contribution is -2.24. The summed E-state index contributed by atoms with van der Waals surface area (Å²) in [6.07, 6.45) is 3.03. The SMILES string of the molecule is CCCCOc1ccc(C=NNC(=O)CC(=O)Nc2ccc(F)cc2)cc1OCC. The van der Waals surface area contributed by atoms with Gasteiger partial charge in [0.2, 0.25) is 11.8 Å². The van der Waals surface area contributed by atoms with Crippen LogP contribution < -0.4 is 20.2 Å². The molecule has 160 valence electrons. The molecule has 2 aromatic carbocycles. The van der Waals surface area contributed by atoms with E-state index >= 15 is 0 Å². The van der Waals surface area contributed by atoms with Crippen LogP contribution in [0.4, 0.5) is 10.1 Å². The lowest BCUT2D eigenvalue weighted by Gasteiger charge is -2.12. The third-order valence-corrected chi connectivity index (χ3v) is 3.88. The normalized spacial score (nSPS) is 10.6. The molecule has 8 heteroatoms. The van der Waals surface area contributed by atoms with Crippen molar-refractivity contribution < 1.29 is 23.5 Å². The molecule has 0 bridgehead atoms. The Morgan fingerprint density at radius 2 is 1.80 bits per heavy atom. The molecular weight excluding hydrogens is 389 g/mol. The second-order valence-electron chi connectivity index (χ2n) is 6.37. The molecule has 2 amide bonds. The van der Waals surface area contributed by atoms with Gasteiger partial charge in [-0.2, -0.15) is 5.10 Å². The maximum Gasteiger partial charge on any atom is 0.249 e. The van der Waals surface area contributed by atoms with Crippen LogP contribution in [0.2, 0.25) is 0 Å². The minimum Gasteiger partial charge on any atom is -0.490 e. The number of amides is 2. The highest BCUT2D eigenvalue weighted by Crippen LogP contribution is 2.28. The Bertz CT molecular complexity index is 869. The van der Waals surface area contributed by atoms with Gasteiger partial charge in [0.25, 0.3) is 0 Å². The van der Waals surface area contributed by atoms with E-state index in [2.05, 4.69) is 22.8 Å². The van der Waals surface area contributed by atoms with Crippen LogP contribution in [0.5, 0.6) is 11.5 Å². The van der Waals surface area contributed by atoms with Crippen LogP contribution in [0.3, 0.4) is 0 Å². The number of nitrogens with one attached hydrogen (secondary N) is 2. The van der Waals surface area contributed by atoms with Gasteiger partial charge in [0, 0.05) is 5.69 Å². The van der Waals surface area contributed by atoms with Crippen molar-refractivity contribution in [2.45, 2.75) is 33.1 Å². The van der Waals surface area contributed by atoms with Crippen molar-refractivity contribution in [3.05, 3.63) is 53.8 Å². The average molecular weight is 415 g/mol. The van der Waals surface area contributed by atoms with E-state index in [9.17, 15) is 14.0 Å². The predicted molar refractivity (Wildman–Crippen MR) is 113 cm³/mol. The molecule has 2 aromatic rings. The smallest absolute Gasteiger partial charge is 0.249 e. The van der Waals surface area contributed by atoms with Crippen LogP contribution >= 0.6 is 0 Å². The van der Waals surface area contributed by atoms with E-state index in [4.69, 9.17) is 9.47 Å². The summed E-state index contributed by atoms with van der Waals surface area (Å²) in [7, 11) is 0. The van der Waals surface area contributed by atoms with Crippen LogP contribution in [-0.2, 0) is 9.59 Å². The molecule has 7 nitrogen and oxygen atoms in total. The fraction of sp³-hybridized carbons (Fsp3) is 0.318. The van der Waals surface area contributed by atoms with Gasteiger partial charge in [0.15, 0.2) is 11.5 Å². The van der Waals surface area contributed by atoms with Gasteiger partial charge in [0.1, 0.15) is 12.2 Å². The van der Waals surface area contributed by atoms with Crippen molar-refractivity contribution in [1.82, 2.24) is 5.43 Å². The standard InChI is InChI=1S/C22H26FN3O4/c1-3-5-12-30-19-11-6-16(13-20(19)29-4-2)15-24-26-22(28)14-21(27)25-18-9-7-17(23)8-10-18/h6-11,13,15H,3-5,12,14H2,1-2H3,(H,25,27)(H,26,28). The first-order valence-corrected chi connectivity index (χ1v) is 9.78. The Morgan fingerprint density at radius 1 is 1.03 bits per heavy atom. The number of rotatable bonds is 11. The van der Waals surface area contributed by atoms with Gasteiger partial charge >= 0.3 is 0 Å². The minimum atomic E-state index is -0.574. The lowest BCUT2D eigenvalue weighted by atomic mass is 10.2. The molecule has 2 N–H and O–H groups in total. The second kappa shape index (κ2) is 12.2. The first-order chi connectivity index (χ1) is 14.5. The third kappa shape index (κ3) is 7.90.